The molecule has 16 heavy (non-hydrogen) atoms. The third-order valence-corrected chi connectivity index (χ3v) is 1.87. The molecule has 8 heteroatoms. The second-order valence-electron chi connectivity index (χ2n) is 2.94. The lowest BCUT2D eigenvalue weighted by molar-refractivity contribution is 0.101. The van der Waals surface area contributed by atoms with Crippen LogP contribution in [0.4, 0.5) is 5.95 Å². The number of nitrogens with one attached hydrogen (secondary N) is 2. The van der Waals surface area contributed by atoms with Crippen LogP contribution in [-0.4, -0.2) is 31.1 Å². The minimum Gasteiger partial charge on any atom is -0.288 e. The summed E-state index contributed by atoms with van der Waals surface area (Å²) in [6, 6.07) is 1.59. The fourth-order valence-corrected chi connectivity index (χ4v) is 1.30. The molecule has 7 nitrogen and oxygen atoms in total. The summed E-state index contributed by atoms with van der Waals surface area (Å²) in [5, 5.41) is 8.69. The maximum Gasteiger partial charge on any atom is 0.295 e. The number of aromatic nitrogens is 5. The lowest BCUT2D eigenvalue weighted by Crippen LogP contribution is -2.16. The van der Waals surface area contributed by atoms with Gasteiger partial charge < -0.3 is 0 Å². The predicted octanol–water partition coefficient (Wildman–Crippen LogP) is 0.809. The first-order chi connectivity index (χ1) is 7.65. The summed E-state index contributed by atoms with van der Waals surface area (Å²) in [5.41, 5.74) is 0.660. The summed E-state index contributed by atoms with van der Waals surface area (Å²) in [7, 11) is 0. The molecule has 0 aliphatic carbocycles. The van der Waals surface area contributed by atoms with Crippen molar-refractivity contribution >= 4 is 23.5 Å². The van der Waals surface area contributed by atoms with Gasteiger partial charge in [0, 0.05) is 5.69 Å². The van der Waals surface area contributed by atoms with Crippen molar-refractivity contribution in [3.8, 4) is 0 Å². The van der Waals surface area contributed by atoms with E-state index in [0.717, 1.165) is 0 Å². The monoisotopic (exact) mass is 238 g/mol. The standard InChI is InChI=1S/C8H7ClN6O/c1-4-2-5(9)13-8(12-4)14-7(16)6-10-3-11-15-6/h2-3H,1H3,(H,10,11,15)(H,12,13,14,16). The van der Waals surface area contributed by atoms with Crippen LogP contribution in [-0.2, 0) is 0 Å². The number of carbonyl (C=O) groups is 1. The van der Waals surface area contributed by atoms with E-state index in [1.807, 2.05) is 0 Å². The Morgan fingerprint density at radius 2 is 2.31 bits per heavy atom. The van der Waals surface area contributed by atoms with Gasteiger partial charge in [-0.3, -0.25) is 15.2 Å². The first kappa shape index (κ1) is 10.5. The van der Waals surface area contributed by atoms with Gasteiger partial charge in [-0.2, -0.15) is 5.10 Å². The molecule has 2 heterocycles. The van der Waals surface area contributed by atoms with Gasteiger partial charge in [0.15, 0.2) is 0 Å². The molecule has 0 aliphatic heterocycles. The summed E-state index contributed by atoms with van der Waals surface area (Å²) in [5.74, 6) is -0.258. The Morgan fingerprint density at radius 1 is 1.50 bits per heavy atom. The molecule has 0 bridgehead atoms. The number of carbonyl (C=O) groups excluding carboxylic acids is 1. The summed E-state index contributed by atoms with van der Waals surface area (Å²) in [6.07, 6.45) is 1.24. The zero-order valence-corrected chi connectivity index (χ0v) is 8.99. The molecule has 2 aromatic rings. The zero-order valence-electron chi connectivity index (χ0n) is 8.23. The van der Waals surface area contributed by atoms with Crippen molar-refractivity contribution in [1.29, 1.82) is 0 Å². The molecule has 82 valence electrons. The minimum absolute atomic E-state index is 0.0845. The van der Waals surface area contributed by atoms with E-state index in [-0.39, 0.29) is 16.9 Å². The second-order valence-corrected chi connectivity index (χ2v) is 3.33. The Labute approximate surface area is 95.3 Å². The zero-order chi connectivity index (χ0) is 11.5. The fraction of sp³-hybridized carbons (Fsp3) is 0.125. The van der Waals surface area contributed by atoms with Crippen molar-refractivity contribution in [2.24, 2.45) is 0 Å². The van der Waals surface area contributed by atoms with E-state index in [0.29, 0.717) is 5.69 Å². The number of H-pyrrole nitrogens is 1. The number of hydrogen-bond donors (Lipinski definition) is 2. The average Bonchev–Trinajstić information content (AvgIpc) is 2.68. The molecule has 0 aliphatic rings. The maximum atomic E-state index is 11.5. The lowest BCUT2D eigenvalue weighted by atomic mass is 10.4. The van der Waals surface area contributed by atoms with Crippen LogP contribution in [0.5, 0.6) is 0 Å². The maximum absolute atomic E-state index is 11.5. The van der Waals surface area contributed by atoms with E-state index in [2.05, 4.69) is 30.5 Å². The van der Waals surface area contributed by atoms with E-state index >= 15 is 0 Å². The van der Waals surface area contributed by atoms with Crippen molar-refractivity contribution in [2.75, 3.05) is 5.32 Å². The molecule has 0 spiro atoms. The van der Waals surface area contributed by atoms with Crippen molar-refractivity contribution in [2.45, 2.75) is 6.92 Å². The third-order valence-electron chi connectivity index (χ3n) is 1.68. The number of nitrogens with zero attached hydrogens (tertiary/aromatic N) is 4. The van der Waals surface area contributed by atoms with Crippen LogP contribution < -0.4 is 5.32 Å². The quantitative estimate of drug-likeness (QED) is 0.755. The van der Waals surface area contributed by atoms with Crippen LogP contribution in [0.2, 0.25) is 5.15 Å². The fourth-order valence-electron chi connectivity index (χ4n) is 1.06. The van der Waals surface area contributed by atoms with E-state index < -0.39 is 5.91 Å². The number of amides is 1. The Morgan fingerprint density at radius 3 is 2.94 bits per heavy atom. The summed E-state index contributed by atoms with van der Waals surface area (Å²) >= 11 is 5.72. The van der Waals surface area contributed by atoms with Crippen LogP contribution in [0.1, 0.15) is 16.3 Å². The highest BCUT2D eigenvalue weighted by molar-refractivity contribution is 6.29. The number of halogens is 1. The first-order valence-corrected chi connectivity index (χ1v) is 4.71. The average molecular weight is 239 g/mol. The van der Waals surface area contributed by atoms with Crippen LogP contribution in [0.3, 0.4) is 0 Å². The van der Waals surface area contributed by atoms with Gasteiger partial charge in [0.05, 0.1) is 0 Å². The van der Waals surface area contributed by atoms with E-state index in [4.69, 9.17) is 11.6 Å². The van der Waals surface area contributed by atoms with E-state index in [9.17, 15) is 4.79 Å². The van der Waals surface area contributed by atoms with Gasteiger partial charge in [-0.05, 0) is 13.0 Å². The molecule has 0 unspecified atom stereocenters. The predicted molar refractivity (Wildman–Crippen MR) is 56.1 cm³/mol. The highest BCUT2D eigenvalue weighted by Gasteiger charge is 2.10. The summed E-state index contributed by atoms with van der Waals surface area (Å²) < 4.78 is 0. The van der Waals surface area contributed by atoms with Crippen molar-refractivity contribution in [3.63, 3.8) is 0 Å². The normalized spacial score (nSPS) is 10.1. The first-order valence-electron chi connectivity index (χ1n) is 4.33. The molecule has 1 amide bonds. The van der Waals surface area contributed by atoms with Crippen molar-refractivity contribution in [1.82, 2.24) is 25.1 Å². The molecular formula is C8H7ClN6O. The molecule has 0 radical (unpaired) electrons. The number of hydrogen-bond acceptors (Lipinski definition) is 5. The van der Waals surface area contributed by atoms with Gasteiger partial charge in [-0.1, -0.05) is 11.6 Å². The minimum atomic E-state index is -0.473. The highest BCUT2D eigenvalue weighted by Crippen LogP contribution is 2.09. The summed E-state index contributed by atoms with van der Waals surface area (Å²) in [4.78, 5) is 23.1. The molecule has 2 rings (SSSR count). The van der Waals surface area contributed by atoms with Gasteiger partial charge >= 0.3 is 0 Å². The van der Waals surface area contributed by atoms with Crippen molar-refractivity contribution < 1.29 is 4.79 Å². The van der Waals surface area contributed by atoms with Crippen LogP contribution in [0, 0.1) is 6.92 Å². The largest absolute Gasteiger partial charge is 0.295 e. The van der Waals surface area contributed by atoms with Crippen LogP contribution >= 0.6 is 11.6 Å². The van der Waals surface area contributed by atoms with Gasteiger partial charge in [-0.25, -0.2) is 15.0 Å². The molecule has 0 saturated heterocycles. The Kier molecular flexibility index (Phi) is 2.78. The Hall–Kier alpha value is -2.02. The molecule has 2 N–H and O–H groups in total. The lowest BCUT2D eigenvalue weighted by Gasteiger charge is -2.02. The molecule has 0 saturated carbocycles. The smallest absolute Gasteiger partial charge is 0.288 e. The second kappa shape index (κ2) is 4.23. The van der Waals surface area contributed by atoms with Gasteiger partial charge in [-0.15, -0.1) is 0 Å². The number of aromatic amines is 1. The Bertz CT molecular complexity index is 491. The van der Waals surface area contributed by atoms with Crippen LogP contribution in [0.15, 0.2) is 12.4 Å². The van der Waals surface area contributed by atoms with Crippen molar-refractivity contribution in [3.05, 3.63) is 29.1 Å². The number of rotatable bonds is 2. The number of anilines is 1. The third kappa shape index (κ3) is 2.31. The van der Waals surface area contributed by atoms with Gasteiger partial charge in [0.1, 0.15) is 11.5 Å². The molecule has 2 aromatic heterocycles. The topological polar surface area (TPSA) is 96.5 Å². The van der Waals surface area contributed by atoms with Crippen LogP contribution in [0.25, 0.3) is 0 Å². The molecular weight excluding hydrogens is 232 g/mol. The molecule has 0 aromatic carbocycles. The molecule has 0 fully saturated rings. The van der Waals surface area contributed by atoms with Gasteiger partial charge in [0.25, 0.3) is 5.91 Å². The SMILES string of the molecule is Cc1cc(Cl)nc(NC(=O)c2ncn[nH]2)n1. The molecule has 0 atom stereocenters. The Balaban J connectivity index is 2.18. The summed E-state index contributed by atoms with van der Waals surface area (Å²) in [6.45, 7) is 1.75. The van der Waals surface area contributed by atoms with Gasteiger partial charge in [0.2, 0.25) is 11.8 Å². The van der Waals surface area contributed by atoms with E-state index in [1.165, 1.54) is 6.33 Å². The van der Waals surface area contributed by atoms with E-state index in [1.54, 1.807) is 13.0 Å². The highest BCUT2D eigenvalue weighted by atomic mass is 35.5. The number of aryl methyl sites for hydroxylation is 1.